The molecule has 9 heteroatoms. The van der Waals surface area contributed by atoms with Crippen molar-refractivity contribution >= 4 is 16.5 Å². The molecule has 0 spiro atoms. The second-order valence-electron chi connectivity index (χ2n) is 4.80. The third kappa shape index (κ3) is 3.80. The summed E-state index contributed by atoms with van der Waals surface area (Å²) in [6.45, 7) is 6.82. The molecule has 114 valence electrons. The smallest absolute Gasteiger partial charge is 0.379 e. The van der Waals surface area contributed by atoms with Crippen LogP contribution < -0.4 is 5.32 Å². The lowest BCUT2D eigenvalue weighted by Gasteiger charge is -2.37. The Labute approximate surface area is 119 Å². The first kappa shape index (κ1) is 15.5. The fourth-order valence-corrected chi connectivity index (χ4v) is 2.77. The van der Waals surface area contributed by atoms with Crippen LogP contribution in [0, 0.1) is 0 Å². The molecule has 0 saturated carbocycles. The predicted octanol–water partition coefficient (Wildman–Crippen LogP) is 2.08. The first-order valence-electron chi connectivity index (χ1n) is 6.36. The lowest BCUT2D eigenvalue weighted by atomic mass is 10.2. The zero-order chi connectivity index (χ0) is 14.8. The Morgan fingerprint density at radius 2 is 2.25 bits per heavy atom. The summed E-state index contributed by atoms with van der Waals surface area (Å²) in [7, 11) is 0. The lowest BCUT2D eigenvalue weighted by molar-refractivity contribution is -0.138. The summed E-state index contributed by atoms with van der Waals surface area (Å²) >= 11 is 0.528. The van der Waals surface area contributed by atoms with Crippen LogP contribution in [0.2, 0.25) is 0 Å². The molecule has 0 aliphatic carbocycles. The second kappa shape index (κ2) is 6.23. The maximum absolute atomic E-state index is 12.4. The molecule has 2 rings (SSSR count). The Morgan fingerprint density at radius 3 is 2.85 bits per heavy atom. The molecule has 1 N–H and O–H groups in total. The highest BCUT2D eigenvalue weighted by molar-refractivity contribution is 7.15. The van der Waals surface area contributed by atoms with E-state index >= 15 is 0 Å². The van der Waals surface area contributed by atoms with E-state index in [1.165, 1.54) is 0 Å². The molecule has 1 aromatic heterocycles. The number of nitrogens with zero attached hydrogens (tertiary/aromatic N) is 3. The third-order valence-corrected chi connectivity index (χ3v) is 4.13. The number of ether oxygens (including phenoxy) is 1. The van der Waals surface area contributed by atoms with Gasteiger partial charge >= 0.3 is 6.18 Å². The molecule has 1 aliphatic heterocycles. The molecular weight excluding hydrogens is 293 g/mol. The number of anilines is 1. The lowest BCUT2D eigenvalue weighted by Crippen LogP contribution is -2.50. The number of rotatable bonds is 4. The van der Waals surface area contributed by atoms with Crippen molar-refractivity contribution in [3.63, 3.8) is 0 Å². The van der Waals surface area contributed by atoms with Gasteiger partial charge in [0, 0.05) is 25.2 Å². The van der Waals surface area contributed by atoms with Gasteiger partial charge in [-0.05, 0) is 13.8 Å². The van der Waals surface area contributed by atoms with Crippen LogP contribution in [0.3, 0.4) is 0 Å². The molecule has 1 aromatic rings. The molecule has 1 aliphatic rings. The van der Waals surface area contributed by atoms with E-state index in [2.05, 4.69) is 27.3 Å². The number of halogens is 3. The van der Waals surface area contributed by atoms with Crippen LogP contribution in [0.5, 0.6) is 0 Å². The topological polar surface area (TPSA) is 50.3 Å². The molecular formula is C11H17F3N4OS. The molecule has 2 atom stereocenters. The molecule has 5 nitrogen and oxygen atoms in total. The van der Waals surface area contributed by atoms with Crippen molar-refractivity contribution in [1.29, 1.82) is 0 Å². The minimum Gasteiger partial charge on any atom is -0.379 e. The van der Waals surface area contributed by atoms with Crippen LogP contribution in [0.1, 0.15) is 18.9 Å². The first-order chi connectivity index (χ1) is 9.38. The first-order valence-corrected chi connectivity index (χ1v) is 7.17. The van der Waals surface area contributed by atoms with Crippen molar-refractivity contribution < 1.29 is 17.9 Å². The summed E-state index contributed by atoms with van der Waals surface area (Å²) in [5, 5.41) is 8.85. The molecule has 2 heterocycles. The second-order valence-corrected chi connectivity index (χ2v) is 5.78. The minimum absolute atomic E-state index is 0.187. The zero-order valence-corrected chi connectivity index (χ0v) is 12.1. The number of morpholine rings is 1. The Bertz CT molecular complexity index is 440. The molecule has 0 radical (unpaired) electrons. The molecule has 1 fully saturated rings. The van der Waals surface area contributed by atoms with Gasteiger partial charge in [0.05, 0.1) is 13.2 Å². The van der Waals surface area contributed by atoms with E-state index in [1.807, 2.05) is 6.92 Å². The summed E-state index contributed by atoms with van der Waals surface area (Å²) in [5.74, 6) is 0. The normalized spacial score (nSPS) is 22.8. The van der Waals surface area contributed by atoms with Gasteiger partial charge in [0.15, 0.2) is 0 Å². The van der Waals surface area contributed by atoms with E-state index in [4.69, 9.17) is 4.74 Å². The highest BCUT2D eigenvalue weighted by Crippen LogP contribution is 2.32. The van der Waals surface area contributed by atoms with Crippen LogP contribution in [-0.2, 0) is 10.9 Å². The van der Waals surface area contributed by atoms with Crippen molar-refractivity contribution in [2.45, 2.75) is 32.1 Å². The number of aromatic nitrogens is 2. The van der Waals surface area contributed by atoms with E-state index in [9.17, 15) is 13.2 Å². The standard InChI is InChI=1S/C11H17F3N4OS/c1-7(18-3-4-19-6-8(18)2)5-15-10-17-16-9(20-10)11(12,13)14/h7-8H,3-6H2,1-2H3,(H,15,17). The van der Waals surface area contributed by atoms with E-state index in [0.29, 0.717) is 37.1 Å². The minimum atomic E-state index is -4.43. The molecule has 0 bridgehead atoms. The summed E-state index contributed by atoms with van der Waals surface area (Å²) < 4.78 is 42.6. The summed E-state index contributed by atoms with van der Waals surface area (Å²) in [6, 6.07) is 0.493. The van der Waals surface area contributed by atoms with Gasteiger partial charge in [-0.15, -0.1) is 10.2 Å². The van der Waals surface area contributed by atoms with Gasteiger partial charge in [-0.25, -0.2) is 0 Å². The average Bonchev–Trinajstić information content (AvgIpc) is 2.85. The summed E-state index contributed by atoms with van der Waals surface area (Å²) in [5.41, 5.74) is 0. The van der Waals surface area contributed by atoms with Crippen molar-refractivity contribution in [2.24, 2.45) is 0 Å². The maximum Gasteiger partial charge on any atom is 0.445 e. The van der Waals surface area contributed by atoms with Crippen molar-refractivity contribution in [1.82, 2.24) is 15.1 Å². The van der Waals surface area contributed by atoms with Crippen molar-refractivity contribution in [3.8, 4) is 0 Å². The van der Waals surface area contributed by atoms with Gasteiger partial charge in [-0.1, -0.05) is 11.3 Å². The highest BCUT2D eigenvalue weighted by atomic mass is 32.1. The van der Waals surface area contributed by atoms with Crippen molar-refractivity contribution in [2.75, 3.05) is 31.6 Å². The van der Waals surface area contributed by atoms with Gasteiger partial charge in [-0.3, -0.25) is 4.90 Å². The molecule has 0 aromatic carbocycles. The van der Waals surface area contributed by atoms with E-state index in [0.717, 1.165) is 6.54 Å². The van der Waals surface area contributed by atoms with E-state index in [1.54, 1.807) is 0 Å². The van der Waals surface area contributed by atoms with Gasteiger partial charge in [0.2, 0.25) is 10.1 Å². The Hall–Kier alpha value is -0.930. The molecule has 1 saturated heterocycles. The summed E-state index contributed by atoms with van der Waals surface area (Å²) in [4.78, 5) is 2.27. The third-order valence-electron chi connectivity index (χ3n) is 3.20. The average molecular weight is 310 g/mol. The van der Waals surface area contributed by atoms with Crippen LogP contribution in [-0.4, -0.2) is 53.5 Å². The Kier molecular flexibility index (Phi) is 4.82. The Morgan fingerprint density at radius 1 is 1.50 bits per heavy atom. The van der Waals surface area contributed by atoms with Crippen LogP contribution in [0.15, 0.2) is 0 Å². The van der Waals surface area contributed by atoms with Gasteiger partial charge in [0.25, 0.3) is 0 Å². The monoisotopic (exact) mass is 310 g/mol. The van der Waals surface area contributed by atoms with Gasteiger partial charge in [-0.2, -0.15) is 13.2 Å². The zero-order valence-electron chi connectivity index (χ0n) is 11.3. The summed E-state index contributed by atoms with van der Waals surface area (Å²) in [6.07, 6.45) is -4.43. The van der Waals surface area contributed by atoms with Crippen LogP contribution >= 0.6 is 11.3 Å². The Balaban J connectivity index is 1.86. The largest absolute Gasteiger partial charge is 0.445 e. The van der Waals surface area contributed by atoms with Gasteiger partial charge < -0.3 is 10.1 Å². The van der Waals surface area contributed by atoms with E-state index in [-0.39, 0.29) is 11.2 Å². The van der Waals surface area contributed by atoms with Crippen LogP contribution in [0.25, 0.3) is 0 Å². The fourth-order valence-electron chi connectivity index (χ4n) is 2.16. The maximum atomic E-state index is 12.4. The fraction of sp³-hybridized carbons (Fsp3) is 0.818. The number of hydrogen-bond donors (Lipinski definition) is 1. The molecule has 2 unspecified atom stereocenters. The SMILES string of the molecule is CC(CNc1nnc(C(F)(F)F)s1)N1CCOCC1C. The van der Waals surface area contributed by atoms with Crippen LogP contribution in [0.4, 0.5) is 18.3 Å². The predicted molar refractivity (Wildman–Crippen MR) is 69.8 cm³/mol. The molecule has 0 amide bonds. The molecule has 20 heavy (non-hydrogen) atoms. The number of hydrogen-bond acceptors (Lipinski definition) is 6. The number of nitrogens with one attached hydrogen (secondary N) is 1. The highest BCUT2D eigenvalue weighted by Gasteiger charge is 2.35. The van der Waals surface area contributed by atoms with E-state index < -0.39 is 11.2 Å². The number of alkyl halides is 3. The van der Waals surface area contributed by atoms with Crippen molar-refractivity contribution in [3.05, 3.63) is 5.01 Å². The van der Waals surface area contributed by atoms with Gasteiger partial charge in [0.1, 0.15) is 0 Å². The quantitative estimate of drug-likeness (QED) is 0.923.